The number of fused-ring (bicyclic) bond motifs is 1. The summed E-state index contributed by atoms with van der Waals surface area (Å²) in [4.78, 5) is 30.2. The van der Waals surface area contributed by atoms with Crippen molar-refractivity contribution in [2.45, 2.75) is 33.0 Å². The summed E-state index contributed by atoms with van der Waals surface area (Å²) in [5, 5.41) is 0.158. The molecule has 0 saturated heterocycles. The number of carbonyl (C=O) groups is 2. The maximum Gasteiger partial charge on any atom is 0.416 e. The van der Waals surface area contributed by atoms with Crippen LogP contribution in [0.15, 0.2) is 60.9 Å². The number of hydrogen-bond acceptors (Lipinski definition) is 3. The summed E-state index contributed by atoms with van der Waals surface area (Å²) in [6.45, 7) is 3.39. The fourth-order valence-electron chi connectivity index (χ4n) is 4.52. The Hall–Kier alpha value is -4.28. The number of hydrogen-bond donors (Lipinski definition) is 1. The van der Waals surface area contributed by atoms with E-state index < -0.39 is 30.0 Å². The number of pyridine rings is 1. The highest BCUT2D eigenvalue weighted by Gasteiger charge is 2.31. The van der Waals surface area contributed by atoms with Crippen LogP contribution in [0.4, 0.5) is 27.6 Å². The molecule has 2 N–H and O–H groups in total. The molecule has 2 heterocycles. The molecule has 2 amide bonds. The van der Waals surface area contributed by atoms with Gasteiger partial charge in [-0.05, 0) is 47.5 Å². The van der Waals surface area contributed by atoms with Crippen LogP contribution in [-0.2, 0) is 24.6 Å². The second kappa shape index (κ2) is 10.5. The molecule has 0 atom stereocenters. The molecule has 0 spiro atoms. The van der Waals surface area contributed by atoms with Crippen LogP contribution in [0.2, 0.25) is 0 Å². The first-order chi connectivity index (χ1) is 18.3. The maximum atomic E-state index is 14.5. The number of rotatable bonds is 7. The van der Waals surface area contributed by atoms with Crippen molar-refractivity contribution in [1.29, 1.82) is 0 Å². The van der Waals surface area contributed by atoms with E-state index in [9.17, 15) is 31.5 Å². The average molecular weight is 545 g/mol. The Balaban J connectivity index is 1.85. The Morgan fingerprint density at radius 3 is 2.26 bits per heavy atom. The first-order valence-corrected chi connectivity index (χ1v) is 11.9. The molecule has 2 aromatic heterocycles. The van der Waals surface area contributed by atoms with E-state index in [1.807, 2.05) is 0 Å². The van der Waals surface area contributed by atoms with Crippen molar-refractivity contribution in [2.75, 3.05) is 4.90 Å². The summed E-state index contributed by atoms with van der Waals surface area (Å²) in [7, 11) is 1.55. The van der Waals surface area contributed by atoms with E-state index in [0.717, 1.165) is 24.3 Å². The normalized spacial score (nSPS) is 11.9. The quantitative estimate of drug-likeness (QED) is 0.270. The second-order valence-corrected chi connectivity index (χ2v) is 9.42. The Labute approximate surface area is 220 Å². The van der Waals surface area contributed by atoms with Gasteiger partial charge in [0.2, 0.25) is 11.8 Å². The number of alkyl halides is 5. The average Bonchev–Trinajstić information content (AvgIpc) is 3.18. The van der Waals surface area contributed by atoms with Gasteiger partial charge < -0.3 is 15.2 Å². The van der Waals surface area contributed by atoms with E-state index in [2.05, 4.69) is 4.98 Å². The molecule has 4 aromatic rings. The molecule has 11 heteroatoms. The number of amides is 2. The van der Waals surface area contributed by atoms with E-state index in [-0.39, 0.29) is 40.2 Å². The van der Waals surface area contributed by atoms with Gasteiger partial charge in [0.05, 0.1) is 28.9 Å². The van der Waals surface area contributed by atoms with Crippen molar-refractivity contribution < 1.29 is 31.5 Å². The lowest BCUT2D eigenvalue weighted by Gasteiger charge is -2.25. The highest BCUT2D eigenvalue weighted by molar-refractivity contribution is 5.99. The zero-order valence-corrected chi connectivity index (χ0v) is 21.3. The first-order valence-electron chi connectivity index (χ1n) is 11.9. The highest BCUT2D eigenvalue weighted by atomic mass is 19.4. The number of nitrogens with two attached hydrogens (primary N) is 1. The highest BCUT2D eigenvalue weighted by Crippen LogP contribution is 2.41. The summed E-state index contributed by atoms with van der Waals surface area (Å²) in [5.41, 5.74) is 5.78. The lowest BCUT2D eigenvalue weighted by Crippen LogP contribution is -2.34. The zero-order chi connectivity index (χ0) is 28.6. The van der Waals surface area contributed by atoms with Crippen molar-refractivity contribution in [1.82, 2.24) is 9.55 Å². The molecule has 4 rings (SSSR count). The monoisotopic (exact) mass is 544 g/mol. The second-order valence-electron chi connectivity index (χ2n) is 9.42. The molecule has 0 aliphatic heterocycles. The van der Waals surface area contributed by atoms with Crippen LogP contribution in [0.5, 0.6) is 0 Å². The third kappa shape index (κ3) is 5.47. The Bertz CT molecular complexity index is 1540. The molecule has 0 radical (unpaired) electrons. The molecular formula is C28H25F5N4O2. The lowest BCUT2D eigenvalue weighted by molar-refractivity contribution is -0.137. The molecule has 39 heavy (non-hydrogen) atoms. The predicted molar refractivity (Wildman–Crippen MR) is 137 cm³/mol. The standard InChI is InChI=1S/C28H25F5N4O2/c1-15(2)27(39)37(14-16-10-18(26(34)38)13-35-12-16)20-8-9-22-21(11-20)23(25(29)30)24(36(22)3)17-4-6-19(7-5-17)28(31,32)33/h4-13,15,25H,14H2,1-3H3,(H2,34,38). The fraction of sp³-hybridized carbons (Fsp3) is 0.250. The van der Waals surface area contributed by atoms with E-state index in [1.165, 1.54) is 34.0 Å². The van der Waals surface area contributed by atoms with E-state index in [1.54, 1.807) is 33.0 Å². The molecule has 0 fully saturated rings. The SMILES string of the molecule is CC(C)C(=O)N(Cc1cncc(C(N)=O)c1)c1ccc2c(c1)c(C(F)F)c(-c1ccc(C(F)(F)F)cc1)n2C. The molecular weight excluding hydrogens is 519 g/mol. The van der Waals surface area contributed by atoms with Crippen LogP contribution >= 0.6 is 0 Å². The van der Waals surface area contributed by atoms with Gasteiger partial charge in [-0.2, -0.15) is 13.2 Å². The molecule has 2 aromatic carbocycles. The minimum absolute atomic E-state index is 0.000747. The van der Waals surface area contributed by atoms with Crippen LogP contribution < -0.4 is 10.6 Å². The summed E-state index contributed by atoms with van der Waals surface area (Å²) in [6, 6.07) is 10.2. The number of primary amides is 1. The van der Waals surface area contributed by atoms with Gasteiger partial charge in [-0.1, -0.05) is 26.0 Å². The van der Waals surface area contributed by atoms with Crippen LogP contribution in [0.3, 0.4) is 0 Å². The Morgan fingerprint density at radius 2 is 1.69 bits per heavy atom. The Kier molecular flexibility index (Phi) is 7.45. The molecule has 0 unspecified atom stereocenters. The summed E-state index contributed by atoms with van der Waals surface area (Å²) in [6.07, 6.45) is -4.74. The summed E-state index contributed by atoms with van der Waals surface area (Å²) < 4.78 is 69.6. The van der Waals surface area contributed by atoms with Gasteiger partial charge in [0.1, 0.15) is 0 Å². The van der Waals surface area contributed by atoms with Crippen LogP contribution in [0, 0.1) is 5.92 Å². The van der Waals surface area contributed by atoms with Gasteiger partial charge in [0.25, 0.3) is 6.43 Å². The molecule has 0 aliphatic carbocycles. The van der Waals surface area contributed by atoms with E-state index in [4.69, 9.17) is 5.73 Å². The molecule has 0 bridgehead atoms. The van der Waals surface area contributed by atoms with Gasteiger partial charge in [0.15, 0.2) is 0 Å². The van der Waals surface area contributed by atoms with Crippen molar-refractivity contribution in [2.24, 2.45) is 18.7 Å². The maximum absolute atomic E-state index is 14.5. The predicted octanol–water partition coefficient (Wildman–Crippen LogP) is 6.48. The van der Waals surface area contributed by atoms with Crippen LogP contribution in [0.1, 0.15) is 47.3 Å². The number of benzene rings is 2. The minimum atomic E-state index is -4.56. The van der Waals surface area contributed by atoms with Crippen molar-refractivity contribution in [3.05, 3.63) is 83.2 Å². The van der Waals surface area contributed by atoms with Gasteiger partial charge in [-0.3, -0.25) is 14.6 Å². The number of aromatic nitrogens is 2. The Morgan fingerprint density at radius 1 is 1.03 bits per heavy atom. The summed E-state index contributed by atoms with van der Waals surface area (Å²) >= 11 is 0. The number of halogens is 5. The number of aryl methyl sites for hydroxylation is 1. The lowest BCUT2D eigenvalue weighted by atomic mass is 10.0. The van der Waals surface area contributed by atoms with Crippen molar-refractivity contribution in [3.63, 3.8) is 0 Å². The smallest absolute Gasteiger partial charge is 0.366 e. The van der Waals surface area contributed by atoms with Crippen LogP contribution in [-0.4, -0.2) is 21.4 Å². The third-order valence-electron chi connectivity index (χ3n) is 6.42. The molecule has 6 nitrogen and oxygen atoms in total. The van der Waals surface area contributed by atoms with E-state index in [0.29, 0.717) is 16.8 Å². The third-order valence-corrected chi connectivity index (χ3v) is 6.42. The summed E-state index contributed by atoms with van der Waals surface area (Å²) in [5.74, 6) is -1.42. The van der Waals surface area contributed by atoms with Gasteiger partial charge in [0, 0.05) is 41.9 Å². The number of carbonyl (C=O) groups excluding carboxylic acids is 2. The van der Waals surface area contributed by atoms with Crippen molar-refractivity contribution >= 4 is 28.4 Å². The van der Waals surface area contributed by atoms with Gasteiger partial charge in [-0.25, -0.2) is 8.78 Å². The number of anilines is 1. The minimum Gasteiger partial charge on any atom is -0.366 e. The van der Waals surface area contributed by atoms with Gasteiger partial charge >= 0.3 is 6.18 Å². The number of nitrogens with zero attached hydrogens (tertiary/aromatic N) is 3. The van der Waals surface area contributed by atoms with Crippen LogP contribution in [0.25, 0.3) is 22.2 Å². The fourth-order valence-corrected chi connectivity index (χ4v) is 4.52. The zero-order valence-electron chi connectivity index (χ0n) is 21.3. The molecule has 204 valence electrons. The van der Waals surface area contributed by atoms with Gasteiger partial charge in [-0.15, -0.1) is 0 Å². The molecule has 0 saturated carbocycles. The van der Waals surface area contributed by atoms with Crippen molar-refractivity contribution in [3.8, 4) is 11.3 Å². The van der Waals surface area contributed by atoms with E-state index >= 15 is 0 Å². The largest absolute Gasteiger partial charge is 0.416 e. The molecule has 0 aliphatic rings. The topological polar surface area (TPSA) is 81.2 Å². The first kappa shape index (κ1) is 27.7.